The lowest BCUT2D eigenvalue weighted by Crippen LogP contribution is -2.49. The first-order valence-corrected chi connectivity index (χ1v) is 14.1. The molecule has 14 heteroatoms. The van der Waals surface area contributed by atoms with E-state index in [9.17, 15) is 35.9 Å². The lowest BCUT2D eigenvalue weighted by atomic mass is 9.85. The molecule has 5 N–H and O–H groups in total. The Morgan fingerprint density at radius 2 is 1.60 bits per heavy atom. The van der Waals surface area contributed by atoms with Crippen molar-refractivity contribution in [3.63, 3.8) is 0 Å². The van der Waals surface area contributed by atoms with Gasteiger partial charge in [-0.25, -0.2) is 18.0 Å². The summed E-state index contributed by atoms with van der Waals surface area (Å²) in [5, 5.41) is 7.39. The van der Waals surface area contributed by atoms with E-state index in [0.29, 0.717) is 24.1 Å². The number of nitrogens with two attached hydrogens (primary N) is 1. The van der Waals surface area contributed by atoms with Crippen molar-refractivity contribution in [1.82, 2.24) is 10.6 Å². The number of amides is 2. The van der Waals surface area contributed by atoms with Crippen molar-refractivity contribution in [3.05, 3.63) is 101 Å². The Kier molecular flexibility index (Phi) is 11.4. The van der Waals surface area contributed by atoms with Gasteiger partial charge in [-0.15, -0.1) is 0 Å². The highest BCUT2D eigenvalue weighted by Gasteiger charge is 2.30. The molecule has 0 saturated carbocycles. The van der Waals surface area contributed by atoms with Crippen molar-refractivity contribution in [1.29, 1.82) is 0 Å². The van der Waals surface area contributed by atoms with Gasteiger partial charge in [-0.3, -0.25) is 4.79 Å². The number of carbonyl (C=O) groups is 2. The molecule has 45 heavy (non-hydrogen) atoms. The topological polar surface area (TPSA) is 115 Å². The number of benzene rings is 3. The largest absolute Gasteiger partial charge is 0.448 e. The van der Waals surface area contributed by atoms with Gasteiger partial charge in [-0.1, -0.05) is 30.3 Å². The van der Waals surface area contributed by atoms with E-state index >= 15 is 0 Å². The van der Waals surface area contributed by atoms with Gasteiger partial charge in [0.1, 0.15) is 30.6 Å². The number of anilines is 1. The number of carbonyl (C=O) groups excluding carboxylic acids is 2. The molecular weight excluding hydrogens is 606 g/mol. The second-order valence-corrected chi connectivity index (χ2v) is 10.5. The van der Waals surface area contributed by atoms with Crippen molar-refractivity contribution in [2.45, 2.75) is 43.1 Å². The highest BCUT2D eigenvalue weighted by atomic mass is 19.4. The molecule has 1 heterocycles. The predicted octanol–water partition coefficient (Wildman–Crippen LogP) is 4.78. The van der Waals surface area contributed by atoms with E-state index in [1.807, 2.05) is 0 Å². The Hall–Kier alpha value is -4.14. The minimum absolute atomic E-state index is 0.0983. The fourth-order valence-electron chi connectivity index (χ4n) is 4.91. The number of alkyl halides is 3. The van der Waals surface area contributed by atoms with Crippen LogP contribution in [0.25, 0.3) is 0 Å². The predicted molar refractivity (Wildman–Crippen MR) is 153 cm³/mol. The lowest BCUT2D eigenvalue weighted by molar-refractivity contribution is -0.124. The maximum Gasteiger partial charge on any atom is 0.407 e. The minimum Gasteiger partial charge on any atom is -0.448 e. The van der Waals surface area contributed by atoms with Crippen LogP contribution in [0.5, 0.6) is 0 Å². The van der Waals surface area contributed by atoms with E-state index in [4.69, 9.17) is 15.2 Å². The molecular formula is C31H32F6N4O4. The van der Waals surface area contributed by atoms with Crippen LogP contribution in [-0.2, 0) is 20.7 Å². The van der Waals surface area contributed by atoms with Crippen LogP contribution in [0.4, 0.5) is 36.8 Å². The molecule has 8 nitrogen and oxygen atoms in total. The molecule has 3 aromatic rings. The van der Waals surface area contributed by atoms with E-state index < -0.39 is 60.2 Å². The van der Waals surface area contributed by atoms with Crippen molar-refractivity contribution in [2.75, 3.05) is 31.6 Å². The fraction of sp³-hybridized carbons (Fsp3) is 0.355. The number of morpholine rings is 1. The van der Waals surface area contributed by atoms with Gasteiger partial charge >= 0.3 is 12.3 Å². The van der Waals surface area contributed by atoms with Gasteiger partial charge in [-0.2, -0.15) is 13.2 Å². The number of halogens is 6. The Labute approximate surface area is 255 Å². The van der Waals surface area contributed by atoms with Gasteiger partial charge in [-0.05, 0) is 60.4 Å². The van der Waals surface area contributed by atoms with Crippen LogP contribution in [0.3, 0.4) is 0 Å². The molecule has 242 valence electrons. The Balaban J connectivity index is 1.35. The number of hydrogen-bond acceptors (Lipinski definition) is 6. The summed E-state index contributed by atoms with van der Waals surface area (Å²) in [5.41, 5.74) is 7.88. The second kappa shape index (κ2) is 15.2. The van der Waals surface area contributed by atoms with Crippen LogP contribution in [0, 0.1) is 17.5 Å². The summed E-state index contributed by atoms with van der Waals surface area (Å²) in [7, 11) is 0. The molecule has 1 aliphatic heterocycles. The Morgan fingerprint density at radius 1 is 0.978 bits per heavy atom. The van der Waals surface area contributed by atoms with Crippen molar-refractivity contribution < 1.29 is 45.4 Å². The van der Waals surface area contributed by atoms with Crippen LogP contribution < -0.4 is 21.7 Å². The van der Waals surface area contributed by atoms with Crippen LogP contribution in [-0.4, -0.2) is 62.7 Å². The smallest absolute Gasteiger partial charge is 0.407 e. The monoisotopic (exact) mass is 638 g/mol. The third kappa shape index (κ3) is 9.93. The lowest BCUT2D eigenvalue weighted by Gasteiger charge is -2.30. The zero-order chi connectivity index (χ0) is 32.6. The second-order valence-electron chi connectivity index (χ2n) is 10.5. The van der Waals surface area contributed by atoms with Crippen LogP contribution in [0.15, 0.2) is 66.7 Å². The zero-order valence-electron chi connectivity index (χ0n) is 23.9. The number of ether oxygens (including phenoxy) is 2. The molecule has 0 aliphatic carbocycles. The molecule has 1 unspecified atom stereocenters. The molecule has 1 aliphatic rings. The molecule has 0 spiro atoms. The fourth-order valence-corrected chi connectivity index (χ4v) is 4.91. The SMILES string of the molecule is NC(C(=O)Nc1cccc(F)c1CC[C@@H]1CN[C@H](COC(=O)NCC(F)(F)F)CO1)C(c1ccc(F)cc1)c1ccc(F)cc1. The summed E-state index contributed by atoms with van der Waals surface area (Å²) in [6.45, 7) is -1.32. The number of alkyl carbamates (subject to hydrolysis) is 1. The quantitative estimate of drug-likeness (QED) is 0.225. The van der Waals surface area contributed by atoms with Gasteiger partial charge in [0.05, 0.1) is 24.8 Å². The number of nitrogens with one attached hydrogen (secondary N) is 3. The molecule has 3 atom stereocenters. The average Bonchev–Trinajstić information content (AvgIpc) is 3.01. The molecule has 3 aromatic carbocycles. The Bertz CT molecular complexity index is 1390. The highest BCUT2D eigenvalue weighted by Crippen LogP contribution is 2.30. The van der Waals surface area contributed by atoms with Gasteiger partial charge < -0.3 is 31.2 Å². The van der Waals surface area contributed by atoms with Crippen LogP contribution >= 0.6 is 0 Å². The van der Waals surface area contributed by atoms with Gasteiger partial charge in [0.15, 0.2) is 0 Å². The standard InChI is InChI=1S/C31H32F6N4O4/c32-20-8-4-18(5-9-20)27(19-6-10-21(33)11-7-19)28(38)29(42)41-26-3-1-2-25(34)24(26)13-12-23-14-39-22(15-44-23)16-45-30(43)40-17-31(35,36)37/h1-11,22-23,27-28,39H,12-17,38H2,(H,40,43)(H,41,42)/t22-,23+,28?/m0/s1. The molecule has 0 bridgehead atoms. The molecule has 1 saturated heterocycles. The first-order chi connectivity index (χ1) is 21.4. The first kappa shape index (κ1) is 33.7. The van der Waals surface area contributed by atoms with E-state index in [0.717, 1.165) is 0 Å². The maximum absolute atomic E-state index is 15.0. The van der Waals surface area contributed by atoms with Gasteiger partial charge in [0.25, 0.3) is 0 Å². The molecule has 1 fully saturated rings. The van der Waals surface area contributed by atoms with E-state index in [1.54, 1.807) is 5.32 Å². The minimum atomic E-state index is -4.55. The van der Waals surface area contributed by atoms with E-state index in [-0.39, 0.29) is 37.0 Å². The molecule has 4 rings (SSSR count). The van der Waals surface area contributed by atoms with Crippen molar-refractivity contribution in [3.8, 4) is 0 Å². The summed E-state index contributed by atoms with van der Waals surface area (Å²) in [6, 6.07) is 13.4. The molecule has 2 amide bonds. The average molecular weight is 639 g/mol. The Morgan fingerprint density at radius 3 is 2.16 bits per heavy atom. The summed E-state index contributed by atoms with van der Waals surface area (Å²) < 4.78 is 89.4. The number of hydrogen-bond donors (Lipinski definition) is 4. The first-order valence-electron chi connectivity index (χ1n) is 14.1. The van der Waals surface area contributed by atoms with Gasteiger partial charge in [0, 0.05) is 23.7 Å². The van der Waals surface area contributed by atoms with E-state index in [1.165, 1.54) is 66.7 Å². The zero-order valence-corrected chi connectivity index (χ0v) is 23.9. The highest BCUT2D eigenvalue weighted by molar-refractivity contribution is 5.96. The maximum atomic E-state index is 15.0. The molecule has 0 radical (unpaired) electrons. The summed E-state index contributed by atoms with van der Waals surface area (Å²) in [5.74, 6) is -2.93. The molecule has 0 aromatic heterocycles. The normalized spacial score (nSPS) is 17.5. The summed E-state index contributed by atoms with van der Waals surface area (Å²) >= 11 is 0. The summed E-state index contributed by atoms with van der Waals surface area (Å²) in [4.78, 5) is 24.8. The van der Waals surface area contributed by atoms with Crippen molar-refractivity contribution >= 4 is 17.7 Å². The van der Waals surface area contributed by atoms with E-state index in [2.05, 4.69) is 10.6 Å². The summed E-state index contributed by atoms with van der Waals surface area (Å²) in [6.07, 6.45) is -5.61. The third-order valence-electron chi connectivity index (χ3n) is 7.23. The third-order valence-corrected chi connectivity index (χ3v) is 7.23. The van der Waals surface area contributed by atoms with Crippen LogP contribution in [0.2, 0.25) is 0 Å². The van der Waals surface area contributed by atoms with Crippen LogP contribution in [0.1, 0.15) is 29.0 Å². The van der Waals surface area contributed by atoms with Gasteiger partial charge in [0.2, 0.25) is 5.91 Å². The number of rotatable bonds is 11. The van der Waals surface area contributed by atoms with Crippen molar-refractivity contribution in [2.24, 2.45) is 5.73 Å².